The van der Waals surface area contributed by atoms with Crippen molar-refractivity contribution in [2.45, 2.75) is 13.5 Å². The van der Waals surface area contributed by atoms with Gasteiger partial charge in [-0.15, -0.1) is 0 Å². The molecule has 1 aromatic heterocycles. The first kappa shape index (κ1) is 13.3. The van der Waals surface area contributed by atoms with Gasteiger partial charge in [0.05, 0.1) is 10.7 Å². The number of amides is 1. The van der Waals surface area contributed by atoms with Crippen LogP contribution in [-0.2, 0) is 11.3 Å². The van der Waals surface area contributed by atoms with Crippen LogP contribution in [-0.4, -0.2) is 58.8 Å². The molecule has 0 unspecified atom stereocenters. The predicted octanol–water partition coefficient (Wildman–Crippen LogP) is 0.124. The Morgan fingerprint density at radius 1 is 1.44 bits per heavy atom. The molecule has 1 amide bonds. The zero-order valence-electron chi connectivity index (χ0n) is 10.7. The Morgan fingerprint density at radius 2 is 2.11 bits per heavy atom. The topological polar surface area (TPSA) is 53.4 Å². The minimum absolute atomic E-state index is 0.0706. The summed E-state index contributed by atoms with van der Waals surface area (Å²) in [6.07, 6.45) is 1.67. The number of piperazine rings is 1. The summed E-state index contributed by atoms with van der Waals surface area (Å²) in [4.78, 5) is 14.0. The van der Waals surface area contributed by atoms with E-state index in [1.165, 1.54) is 0 Å². The van der Waals surface area contributed by atoms with Crippen molar-refractivity contribution in [3.8, 4) is 0 Å². The monoisotopic (exact) mass is 271 g/mol. The third-order valence-corrected chi connectivity index (χ3v) is 3.35. The van der Waals surface area contributed by atoms with Gasteiger partial charge in [0, 0.05) is 32.4 Å². The number of nitrogens with zero attached hydrogens (tertiary/aromatic N) is 4. The van der Waals surface area contributed by atoms with Gasteiger partial charge in [-0.25, -0.2) is 5.01 Å². The Morgan fingerprint density at radius 3 is 2.67 bits per heavy atom. The van der Waals surface area contributed by atoms with Crippen LogP contribution in [0.4, 0.5) is 0 Å². The van der Waals surface area contributed by atoms with Crippen molar-refractivity contribution in [1.29, 1.82) is 0 Å². The van der Waals surface area contributed by atoms with E-state index in [2.05, 4.69) is 22.5 Å². The molecule has 7 heteroatoms. The van der Waals surface area contributed by atoms with Crippen LogP contribution < -0.4 is 5.43 Å². The van der Waals surface area contributed by atoms with Gasteiger partial charge in [-0.1, -0.05) is 11.6 Å². The number of hydrogen-bond acceptors (Lipinski definition) is 4. The summed E-state index contributed by atoms with van der Waals surface area (Å²) in [6, 6.07) is 0. The third kappa shape index (κ3) is 3.44. The predicted molar refractivity (Wildman–Crippen MR) is 69.2 cm³/mol. The van der Waals surface area contributed by atoms with E-state index >= 15 is 0 Å². The molecule has 1 fully saturated rings. The molecule has 18 heavy (non-hydrogen) atoms. The quantitative estimate of drug-likeness (QED) is 0.849. The molecule has 6 nitrogen and oxygen atoms in total. The zero-order chi connectivity index (χ0) is 13.1. The Balaban J connectivity index is 1.81. The molecule has 1 aliphatic rings. The lowest BCUT2D eigenvalue weighted by Crippen LogP contribution is -2.53. The fourth-order valence-corrected chi connectivity index (χ4v) is 2.00. The minimum atomic E-state index is -0.0706. The van der Waals surface area contributed by atoms with Crippen molar-refractivity contribution in [1.82, 2.24) is 25.1 Å². The largest absolute Gasteiger partial charge is 0.304 e. The summed E-state index contributed by atoms with van der Waals surface area (Å²) < 4.78 is 1.56. The molecule has 0 aliphatic carbocycles. The average molecular weight is 272 g/mol. The summed E-state index contributed by atoms with van der Waals surface area (Å²) >= 11 is 5.89. The second-order valence-corrected chi connectivity index (χ2v) is 4.99. The fourth-order valence-electron chi connectivity index (χ4n) is 1.85. The van der Waals surface area contributed by atoms with Crippen LogP contribution in [0.25, 0.3) is 0 Å². The maximum absolute atomic E-state index is 11.8. The number of nitrogens with one attached hydrogen (secondary N) is 1. The number of halogens is 1. The molecule has 2 rings (SSSR count). The van der Waals surface area contributed by atoms with E-state index in [0.717, 1.165) is 31.9 Å². The lowest BCUT2D eigenvalue weighted by molar-refractivity contribution is -0.127. The van der Waals surface area contributed by atoms with Gasteiger partial charge >= 0.3 is 0 Å². The maximum Gasteiger partial charge on any atom is 0.255 e. The van der Waals surface area contributed by atoms with E-state index < -0.39 is 0 Å². The van der Waals surface area contributed by atoms with E-state index in [1.54, 1.807) is 10.9 Å². The van der Waals surface area contributed by atoms with Crippen molar-refractivity contribution in [2.24, 2.45) is 0 Å². The summed E-state index contributed by atoms with van der Waals surface area (Å²) in [6.45, 7) is 5.64. The van der Waals surface area contributed by atoms with Gasteiger partial charge in [0.25, 0.3) is 5.91 Å². The molecule has 0 saturated carbocycles. The van der Waals surface area contributed by atoms with E-state index in [4.69, 9.17) is 11.6 Å². The Labute approximate surface area is 111 Å². The van der Waals surface area contributed by atoms with Crippen LogP contribution in [0.2, 0.25) is 5.02 Å². The van der Waals surface area contributed by atoms with Crippen LogP contribution in [0.3, 0.4) is 0 Å². The molecule has 1 N–H and O–H groups in total. The van der Waals surface area contributed by atoms with Gasteiger partial charge in [0.2, 0.25) is 0 Å². The molecule has 0 radical (unpaired) electrons. The van der Waals surface area contributed by atoms with E-state index in [9.17, 15) is 4.79 Å². The molecule has 0 bridgehead atoms. The maximum atomic E-state index is 11.8. The highest BCUT2D eigenvalue weighted by Crippen LogP contribution is 2.11. The number of aryl methyl sites for hydroxylation is 1. The van der Waals surface area contributed by atoms with Crippen LogP contribution >= 0.6 is 11.6 Å². The average Bonchev–Trinajstić information content (AvgIpc) is 2.61. The summed E-state index contributed by atoms with van der Waals surface area (Å²) in [5.74, 6) is -0.0706. The molecular formula is C11H18ClN5O. The van der Waals surface area contributed by atoms with Gasteiger partial charge in [0.15, 0.2) is 0 Å². The molecule has 1 aromatic rings. The van der Waals surface area contributed by atoms with E-state index in [0.29, 0.717) is 5.02 Å². The number of aromatic nitrogens is 2. The van der Waals surface area contributed by atoms with Crippen molar-refractivity contribution in [3.63, 3.8) is 0 Å². The Kier molecular flexibility index (Phi) is 4.21. The molecular weight excluding hydrogens is 254 g/mol. The van der Waals surface area contributed by atoms with Crippen molar-refractivity contribution >= 4 is 17.5 Å². The normalized spacial score (nSPS) is 17.9. The molecule has 2 heterocycles. The second kappa shape index (κ2) is 5.69. The van der Waals surface area contributed by atoms with Crippen LogP contribution in [0.5, 0.6) is 0 Å². The van der Waals surface area contributed by atoms with E-state index in [-0.39, 0.29) is 12.5 Å². The zero-order valence-corrected chi connectivity index (χ0v) is 11.4. The number of carbonyl (C=O) groups is 1. The highest BCUT2D eigenvalue weighted by atomic mass is 35.5. The van der Waals surface area contributed by atoms with Gasteiger partial charge in [0.1, 0.15) is 6.54 Å². The van der Waals surface area contributed by atoms with Gasteiger partial charge in [-0.2, -0.15) is 5.10 Å². The third-order valence-electron chi connectivity index (χ3n) is 2.98. The van der Waals surface area contributed by atoms with Gasteiger partial charge in [-0.3, -0.25) is 14.9 Å². The first-order valence-corrected chi connectivity index (χ1v) is 6.35. The molecule has 0 atom stereocenters. The number of likely N-dealkylation sites (N-methyl/N-ethyl adjacent to an activating group) is 1. The number of hydrogen-bond donors (Lipinski definition) is 1. The number of rotatable bonds is 3. The second-order valence-electron chi connectivity index (χ2n) is 4.59. The summed E-state index contributed by atoms with van der Waals surface area (Å²) in [5, 5.41) is 6.68. The first-order valence-electron chi connectivity index (χ1n) is 5.97. The van der Waals surface area contributed by atoms with Gasteiger partial charge < -0.3 is 4.90 Å². The Hall–Kier alpha value is -1.11. The van der Waals surface area contributed by atoms with Crippen LogP contribution in [0, 0.1) is 6.92 Å². The lowest BCUT2D eigenvalue weighted by atomic mass is 10.4. The highest BCUT2D eigenvalue weighted by molar-refractivity contribution is 6.31. The van der Waals surface area contributed by atoms with E-state index in [1.807, 2.05) is 11.9 Å². The molecule has 100 valence electrons. The van der Waals surface area contributed by atoms with Crippen LogP contribution in [0.1, 0.15) is 5.69 Å². The minimum Gasteiger partial charge on any atom is -0.304 e. The van der Waals surface area contributed by atoms with Crippen molar-refractivity contribution in [2.75, 3.05) is 33.2 Å². The number of carbonyl (C=O) groups excluding carboxylic acids is 1. The standard InChI is InChI=1S/C11H18ClN5O/c1-9-10(12)7-17(13-9)8-11(18)14-16-5-3-15(2)4-6-16/h7H,3-6,8H2,1-2H3,(H,14,18). The van der Waals surface area contributed by atoms with Gasteiger partial charge in [-0.05, 0) is 14.0 Å². The summed E-state index contributed by atoms with van der Waals surface area (Å²) in [5.41, 5.74) is 3.62. The fraction of sp³-hybridized carbons (Fsp3) is 0.636. The molecule has 0 spiro atoms. The number of hydrazine groups is 1. The van der Waals surface area contributed by atoms with Crippen molar-refractivity contribution in [3.05, 3.63) is 16.9 Å². The molecule has 1 aliphatic heterocycles. The first-order chi connectivity index (χ1) is 8.54. The molecule has 1 saturated heterocycles. The highest BCUT2D eigenvalue weighted by Gasteiger charge is 2.16. The molecule has 0 aromatic carbocycles. The van der Waals surface area contributed by atoms with Crippen molar-refractivity contribution < 1.29 is 4.79 Å². The Bertz CT molecular complexity index is 406. The lowest BCUT2D eigenvalue weighted by Gasteiger charge is -2.32. The summed E-state index contributed by atoms with van der Waals surface area (Å²) in [7, 11) is 2.08. The van der Waals surface area contributed by atoms with Crippen LogP contribution in [0.15, 0.2) is 6.20 Å². The SMILES string of the molecule is Cc1nn(CC(=O)NN2CCN(C)CC2)cc1Cl. The smallest absolute Gasteiger partial charge is 0.255 e.